The molecule has 5 aliphatic rings. The summed E-state index contributed by atoms with van der Waals surface area (Å²) in [6.07, 6.45) is 6.62. The second-order valence-electron chi connectivity index (χ2n) is 8.51. The first kappa shape index (κ1) is 18.5. The lowest BCUT2D eigenvalue weighted by Crippen LogP contribution is -2.40. The van der Waals surface area contributed by atoms with Crippen LogP contribution in [0, 0.1) is 45.6 Å². The third kappa shape index (κ3) is 2.64. The quantitative estimate of drug-likeness (QED) is 0.237. The third-order valence-corrected chi connectivity index (χ3v) is 7.22. The molecule has 2 heterocycles. The number of halogens is 1. The molecule has 9 heteroatoms. The summed E-state index contributed by atoms with van der Waals surface area (Å²) in [6, 6.07) is 7.45. The second kappa shape index (κ2) is 6.37. The lowest BCUT2D eigenvalue weighted by atomic mass is 9.63. The number of hydrogen-bond acceptors (Lipinski definition) is 6. The number of carbonyl (C=O) groups excluding carboxylic acids is 2. The highest BCUT2D eigenvalue weighted by atomic mass is 35.5. The molecule has 0 radical (unpaired) electrons. The largest absolute Gasteiger partial charge is 0.455 e. The van der Waals surface area contributed by atoms with Crippen LogP contribution in [0.25, 0.3) is 11.3 Å². The van der Waals surface area contributed by atoms with Gasteiger partial charge in [-0.05, 0) is 54.4 Å². The molecule has 2 bridgehead atoms. The van der Waals surface area contributed by atoms with E-state index >= 15 is 0 Å². The van der Waals surface area contributed by atoms with Gasteiger partial charge in [0.1, 0.15) is 11.5 Å². The van der Waals surface area contributed by atoms with Gasteiger partial charge in [-0.1, -0.05) is 23.8 Å². The zero-order chi connectivity index (χ0) is 21.4. The van der Waals surface area contributed by atoms with Gasteiger partial charge in [0, 0.05) is 11.1 Å². The van der Waals surface area contributed by atoms with Crippen molar-refractivity contribution in [1.29, 1.82) is 0 Å². The van der Waals surface area contributed by atoms with Crippen LogP contribution in [0.15, 0.2) is 52.0 Å². The average molecular weight is 438 g/mol. The first-order valence-corrected chi connectivity index (χ1v) is 10.5. The Morgan fingerprint density at radius 3 is 2.42 bits per heavy atom. The van der Waals surface area contributed by atoms with Gasteiger partial charge in [-0.3, -0.25) is 19.7 Å². The third-order valence-electron chi connectivity index (χ3n) is 6.99. The molecule has 31 heavy (non-hydrogen) atoms. The van der Waals surface area contributed by atoms with Gasteiger partial charge in [0.15, 0.2) is 0 Å². The van der Waals surface area contributed by atoms with Gasteiger partial charge in [-0.2, -0.15) is 10.1 Å². The Labute approximate surface area is 181 Å². The highest BCUT2D eigenvalue weighted by Gasteiger charge is 2.67. The summed E-state index contributed by atoms with van der Waals surface area (Å²) in [4.78, 5) is 36.7. The van der Waals surface area contributed by atoms with Crippen molar-refractivity contribution < 1.29 is 18.9 Å². The van der Waals surface area contributed by atoms with Gasteiger partial charge in [0.05, 0.1) is 28.5 Å². The molecule has 0 spiro atoms. The molecule has 2 amide bonds. The molecule has 1 aromatic carbocycles. The Morgan fingerprint density at radius 2 is 1.77 bits per heavy atom. The number of nitrogens with zero attached hydrogens (tertiary/aromatic N) is 3. The SMILES string of the molecule is O=C1[C@@H]2[C@@H]3C=C[C@H]([C@@H]4C[C@H]34)[C@@H]2C(=O)N1/N=C\c1ccc(-c2ccc(Cl)cc2[N+](=O)[O-])o1. The van der Waals surface area contributed by atoms with Crippen molar-refractivity contribution in [1.82, 2.24) is 5.01 Å². The standard InChI is InChI=1S/C22H16ClN3O5/c23-10-1-3-14(17(7-10)26(29)30)18-6-2-11(31-18)9-24-25-21(27)19-12-4-5-13(16-8-15(12)16)20(19)22(25)28/h1-7,9,12-13,15-16,19-20H,8H2/b24-9-/t12-,13-,15-,16+,19-,20+/m1/s1. The normalized spacial score (nSPS) is 32.6. The fourth-order valence-corrected chi connectivity index (χ4v) is 5.77. The van der Waals surface area contributed by atoms with Crippen LogP contribution in [-0.2, 0) is 9.59 Å². The van der Waals surface area contributed by atoms with Crippen molar-refractivity contribution in [2.75, 3.05) is 0 Å². The average Bonchev–Trinajstić information content (AvgIpc) is 3.39. The number of rotatable bonds is 4. The minimum Gasteiger partial charge on any atom is -0.455 e. The summed E-state index contributed by atoms with van der Waals surface area (Å²) < 4.78 is 5.67. The van der Waals surface area contributed by atoms with E-state index in [-0.39, 0.29) is 63.3 Å². The van der Waals surface area contributed by atoms with E-state index in [1.807, 2.05) is 0 Å². The molecule has 7 rings (SSSR count). The Bertz CT molecular complexity index is 1180. The summed E-state index contributed by atoms with van der Waals surface area (Å²) >= 11 is 5.86. The van der Waals surface area contributed by atoms with Crippen LogP contribution in [0.5, 0.6) is 0 Å². The maximum atomic E-state index is 12.9. The molecule has 1 saturated heterocycles. The maximum absolute atomic E-state index is 12.9. The van der Waals surface area contributed by atoms with Gasteiger partial charge < -0.3 is 4.42 Å². The van der Waals surface area contributed by atoms with Crippen LogP contribution < -0.4 is 0 Å². The zero-order valence-electron chi connectivity index (χ0n) is 16.1. The molecule has 2 saturated carbocycles. The van der Waals surface area contributed by atoms with Crippen LogP contribution in [0.2, 0.25) is 5.02 Å². The number of hydrazone groups is 1. The van der Waals surface area contributed by atoms with Crippen molar-refractivity contribution in [2.24, 2.45) is 40.6 Å². The number of carbonyl (C=O) groups is 2. The zero-order valence-corrected chi connectivity index (χ0v) is 16.8. The maximum Gasteiger partial charge on any atom is 0.281 e. The van der Waals surface area contributed by atoms with Gasteiger partial charge in [0.2, 0.25) is 0 Å². The smallest absolute Gasteiger partial charge is 0.281 e. The van der Waals surface area contributed by atoms with Gasteiger partial charge in [0.25, 0.3) is 17.5 Å². The highest BCUT2D eigenvalue weighted by molar-refractivity contribution is 6.30. The van der Waals surface area contributed by atoms with Crippen LogP contribution in [-0.4, -0.2) is 28.0 Å². The molecule has 1 aliphatic heterocycles. The van der Waals surface area contributed by atoms with Gasteiger partial charge >= 0.3 is 0 Å². The number of nitro groups is 1. The number of nitro benzene ring substituents is 1. The molecule has 0 N–H and O–H groups in total. The van der Waals surface area contributed by atoms with E-state index in [1.165, 1.54) is 24.4 Å². The summed E-state index contributed by atoms with van der Waals surface area (Å²) in [5, 5.41) is 16.7. The predicted octanol–water partition coefficient (Wildman–Crippen LogP) is 3.90. The van der Waals surface area contributed by atoms with E-state index in [0.717, 1.165) is 11.4 Å². The van der Waals surface area contributed by atoms with E-state index < -0.39 is 4.92 Å². The number of benzene rings is 1. The van der Waals surface area contributed by atoms with Crippen molar-refractivity contribution >= 4 is 35.3 Å². The Balaban J connectivity index is 1.26. The van der Waals surface area contributed by atoms with Crippen molar-refractivity contribution in [2.45, 2.75) is 6.42 Å². The van der Waals surface area contributed by atoms with E-state index in [0.29, 0.717) is 11.8 Å². The first-order chi connectivity index (χ1) is 14.9. The number of furan rings is 1. The number of imide groups is 1. The fraction of sp³-hybridized carbons (Fsp3) is 0.318. The van der Waals surface area contributed by atoms with Crippen LogP contribution >= 0.6 is 11.6 Å². The summed E-state index contributed by atoms with van der Waals surface area (Å²) in [6.45, 7) is 0. The monoisotopic (exact) mass is 437 g/mol. The van der Waals surface area contributed by atoms with Crippen molar-refractivity contribution in [3.63, 3.8) is 0 Å². The molecular formula is C22H16ClN3O5. The highest BCUT2D eigenvalue weighted by Crippen LogP contribution is 2.65. The lowest BCUT2D eigenvalue weighted by molar-refractivity contribution is -0.384. The Kier molecular flexibility index (Phi) is 3.80. The Morgan fingerprint density at radius 1 is 1.10 bits per heavy atom. The minimum atomic E-state index is -0.534. The molecule has 4 aliphatic carbocycles. The molecule has 8 nitrogen and oxygen atoms in total. The fourth-order valence-electron chi connectivity index (χ4n) is 5.60. The molecule has 3 fully saturated rings. The van der Waals surface area contributed by atoms with E-state index in [9.17, 15) is 19.7 Å². The molecular weight excluding hydrogens is 422 g/mol. The van der Waals surface area contributed by atoms with Crippen molar-refractivity contribution in [3.8, 4) is 11.3 Å². The van der Waals surface area contributed by atoms with Crippen LogP contribution in [0.4, 0.5) is 5.69 Å². The number of allylic oxidation sites excluding steroid dienone is 2. The van der Waals surface area contributed by atoms with Crippen molar-refractivity contribution in [3.05, 3.63) is 63.4 Å². The molecule has 6 atom stereocenters. The molecule has 0 unspecified atom stereocenters. The number of hydrogen-bond donors (Lipinski definition) is 0. The van der Waals surface area contributed by atoms with Gasteiger partial charge in [-0.15, -0.1) is 0 Å². The van der Waals surface area contributed by atoms with E-state index in [4.69, 9.17) is 16.0 Å². The lowest BCUT2D eigenvalue weighted by Gasteiger charge is -2.37. The van der Waals surface area contributed by atoms with Crippen LogP contribution in [0.1, 0.15) is 12.2 Å². The molecule has 1 aromatic heterocycles. The molecule has 2 aromatic rings. The Hall–Kier alpha value is -3.26. The predicted molar refractivity (Wildman–Crippen MR) is 110 cm³/mol. The van der Waals surface area contributed by atoms with E-state index in [1.54, 1.807) is 12.1 Å². The summed E-state index contributed by atoms with van der Waals surface area (Å²) in [5.41, 5.74) is 0.0936. The summed E-state index contributed by atoms with van der Waals surface area (Å²) in [5.74, 6) is 0.736. The first-order valence-electron chi connectivity index (χ1n) is 10.1. The topological polar surface area (TPSA) is 106 Å². The van der Waals surface area contributed by atoms with E-state index in [2.05, 4.69) is 17.3 Å². The molecule has 156 valence electrons. The summed E-state index contributed by atoms with van der Waals surface area (Å²) in [7, 11) is 0. The minimum absolute atomic E-state index is 0.136. The van der Waals surface area contributed by atoms with Gasteiger partial charge in [-0.25, -0.2) is 0 Å². The van der Waals surface area contributed by atoms with Crippen LogP contribution in [0.3, 0.4) is 0 Å². The second-order valence-corrected chi connectivity index (χ2v) is 8.94. The number of amides is 2.